The van der Waals surface area contributed by atoms with Gasteiger partial charge in [-0.3, -0.25) is 14.9 Å². The Labute approximate surface area is 148 Å². The van der Waals surface area contributed by atoms with Gasteiger partial charge in [-0.1, -0.05) is 18.2 Å². The number of hydrogen-bond donors (Lipinski definition) is 1. The number of methoxy groups -OCH3 is 1. The van der Waals surface area contributed by atoms with Gasteiger partial charge in [-0.2, -0.15) is 5.10 Å². The van der Waals surface area contributed by atoms with Crippen molar-refractivity contribution in [3.05, 3.63) is 57.6 Å². The molecule has 1 N–H and O–H groups in total. The van der Waals surface area contributed by atoms with Gasteiger partial charge in [0.05, 0.1) is 23.9 Å². The van der Waals surface area contributed by atoms with Gasteiger partial charge in [0.1, 0.15) is 0 Å². The minimum absolute atomic E-state index is 0.0599. The van der Waals surface area contributed by atoms with Crippen molar-refractivity contribution in [1.29, 1.82) is 0 Å². The molecule has 0 unspecified atom stereocenters. The van der Waals surface area contributed by atoms with Crippen LogP contribution < -0.4 is 9.64 Å². The third-order valence-electron chi connectivity index (χ3n) is 3.89. The highest BCUT2D eigenvalue weighted by atomic mass is 16.6. The first-order valence-corrected chi connectivity index (χ1v) is 7.48. The van der Waals surface area contributed by atoms with Crippen LogP contribution in [-0.4, -0.2) is 42.0 Å². The smallest absolute Gasteiger partial charge is 0.315 e. The summed E-state index contributed by atoms with van der Waals surface area (Å²) in [5, 5.41) is 28.6. The normalized spacial score (nSPS) is 14.9. The molecule has 2 aromatic rings. The summed E-state index contributed by atoms with van der Waals surface area (Å²) in [6, 6.07) is 9.68. The fourth-order valence-electron chi connectivity index (χ4n) is 2.58. The number of carbonyl (C=O) groups excluding carboxylic acids is 1. The first-order valence-electron chi connectivity index (χ1n) is 7.48. The van der Waals surface area contributed by atoms with E-state index in [9.17, 15) is 20.0 Å². The number of para-hydroxylation sites is 1. The van der Waals surface area contributed by atoms with E-state index in [4.69, 9.17) is 4.74 Å². The summed E-state index contributed by atoms with van der Waals surface area (Å²) >= 11 is 0. The van der Waals surface area contributed by atoms with E-state index in [1.807, 2.05) is 6.07 Å². The van der Waals surface area contributed by atoms with E-state index in [2.05, 4.69) is 10.2 Å². The van der Waals surface area contributed by atoms with Crippen molar-refractivity contribution >= 4 is 29.2 Å². The Morgan fingerprint density at radius 2 is 2.04 bits per heavy atom. The van der Waals surface area contributed by atoms with Crippen molar-refractivity contribution in [3.63, 3.8) is 0 Å². The fraction of sp³-hybridized carbons (Fsp3) is 0.118. The summed E-state index contributed by atoms with van der Waals surface area (Å²) in [5.74, 6) is -0.921. The minimum atomic E-state index is -0.729. The number of ether oxygens (including phenoxy) is 1. The fourth-order valence-corrected chi connectivity index (χ4v) is 2.58. The second-order valence-electron chi connectivity index (χ2n) is 5.42. The van der Waals surface area contributed by atoms with Crippen LogP contribution in [0, 0.1) is 10.1 Å². The predicted molar refractivity (Wildman–Crippen MR) is 95.3 cm³/mol. The van der Waals surface area contributed by atoms with E-state index < -0.39 is 16.4 Å². The molecule has 0 saturated carbocycles. The van der Waals surface area contributed by atoms with Gasteiger partial charge in [-0.05, 0) is 12.1 Å². The van der Waals surface area contributed by atoms with Gasteiger partial charge >= 0.3 is 5.69 Å². The summed E-state index contributed by atoms with van der Waals surface area (Å²) in [7, 11) is 2.92. The Balaban J connectivity index is 1.96. The molecule has 0 spiro atoms. The Morgan fingerprint density at radius 1 is 1.31 bits per heavy atom. The van der Waals surface area contributed by atoms with E-state index in [0.29, 0.717) is 11.1 Å². The third kappa shape index (κ3) is 2.86. The SMILES string of the molecule is COc1cc(/C=N\N=C2/C(=O)N(C)c3ccccc32)cc([N+](=O)[O-])c1O. The number of likely N-dealkylation sites (N-methyl/N-ethyl adjacent to an activating group) is 1. The number of rotatable bonds is 4. The van der Waals surface area contributed by atoms with E-state index >= 15 is 0 Å². The number of aromatic hydroxyl groups is 1. The Kier molecular flexibility index (Phi) is 4.36. The Morgan fingerprint density at radius 3 is 2.73 bits per heavy atom. The lowest BCUT2D eigenvalue weighted by molar-refractivity contribution is -0.386. The summed E-state index contributed by atoms with van der Waals surface area (Å²) in [5.41, 5.74) is 1.35. The van der Waals surface area contributed by atoms with Gasteiger partial charge < -0.3 is 14.7 Å². The number of carbonyl (C=O) groups is 1. The molecule has 1 aliphatic rings. The van der Waals surface area contributed by atoms with Gasteiger partial charge in [0, 0.05) is 24.2 Å². The van der Waals surface area contributed by atoms with Crippen molar-refractivity contribution in [2.45, 2.75) is 0 Å². The Bertz CT molecular complexity index is 968. The molecular formula is C17H14N4O5. The third-order valence-corrected chi connectivity index (χ3v) is 3.89. The average molecular weight is 354 g/mol. The summed E-state index contributed by atoms with van der Waals surface area (Å²) in [4.78, 5) is 24.0. The lowest BCUT2D eigenvalue weighted by atomic mass is 10.1. The molecule has 3 rings (SSSR count). The van der Waals surface area contributed by atoms with Gasteiger partial charge in [-0.15, -0.1) is 5.10 Å². The summed E-state index contributed by atoms with van der Waals surface area (Å²) in [6.07, 6.45) is 1.25. The maximum absolute atomic E-state index is 12.3. The van der Waals surface area contributed by atoms with E-state index in [0.717, 1.165) is 11.8 Å². The van der Waals surface area contributed by atoms with E-state index in [1.54, 1.807) is 25.2 Å². The number of nitro groups is 1. The largest absolute Gasteiger partial charge is 0.500 e. The van der Waals surface area contributed by atoms with E-state index in [-0.39, 0.29) is 17.4 Å². The van der Waals surface area contributed by atoms with Crippen molar-refractivity contribution in [2.24, 2.45) is 10.2 Å². The zero-order chi connectivity index (χ0) is 18.8. The molecule has 2 aromatic carbocycles. The van der Waals surface area contributed by atoms with Crippen LogP contribution in [0.4, 0.5) is 11.4 Å². The lowest BCUT2D eigenvalue weighted by Gasteiger charge is -2.07. The van der Waals surface area contributed by atoms with Gasteiger partial charge in [-0.25, -0.2) is 0 Å². The number of fused-ring (bicyclic) bond motifs is 1. The summed E-state index contributed by atoms with van der Waals surface area (Å²) < 4.78 is 4.92. The zero-order valence-corrected chi connectivity index (χ0v) is 13.9. The minimum Gasteiger partial charge on any atom is -0.500 e. The maximum atomic E-state index is 12.3. The molecule has 26 heavy (non-hydrogen) atoms. The van der Waals surface area contributed by atoms with Gasteiger partial charge in [0.15, 0.2) is 11.5 Å². The van der Waals surface area contributed by atoms with Crippen molar-refractivity contribution < 1.29 is 19.6 Å². The predicted octanol–water partition coefficient (Wildman–Crippen LogP) is 2.11. The molecule has 9 nitrogen and oxygen atoms in total. The zero-order valence-electron chi connectivity index (χ0n) is 13.9. The average Bonchev–Trinajstić information content (AvgIpc) is 2.87. The highest BCUT2D eigenvalue weighted by Gasteiger charge is 2.31. The Hall–Kier alpha value is -3.75. The van der Waals surface area contributed by atoms with Crippen LogP contribution in [0.1, 0.15) is 11.1 Å². The van der Waals surface area contributed by atoms with Crippen LogP contribution in [0.3, 0.4) is 0 Å². The molecule has 0 saturated heterocycles. The van der Waals surface area contributed by atoms with Crippen LogP contribution in [0.15, 0.2) is 46.6 Å². The number of nitrogens with zero attached hydrogens (tertiary/aromatic N) is 4. The molecular weight excluding hydrogens is 340 g/mol. The second-order valence-corrected chi connectivity index (χ2v) is 5.42. The maximum Gasteiger partial charge on any atom is 0.315 e. The molecule has 0 radical (unpaired) electrons. The van der Waals surface area contributed by atoms with Crippen LogP contribution in [0.25, 0.3) is 0 Å². The second kappa shape index (κ2) is 6.63. The quantitative estimate of drug-likeness (QED) is 0.512. The molecule has 0 aromatic heterocycles. The number of phenolic OH excluding ortho intramolecular Hbond substituents is 1. The van der Waals surface area contributed by atoms with Crippen LogP contribution in [0.5, 0.6) is 11.5 Å². The van der Waals surface area contributed by atoms with Crippen LogP contribution >= 0.6 is 0 Å². The first-order chi connectivity index (χ1) is 12.4. The molecule has 0 atom stereocenters. The molecule has 0 aliphatic carbocycles. The van der Waals surface area contributed by atoms with Crippen LogP contribution in [-0.2, 0) is 4.79 Å². The number of benzene rings is 2. The molecule has 1 amide bonds. The molecule has 0 fully saturated rings. The highest BCUT2D eigenvalue weighted by molar-refractivity contribution is 6.54. The molecule has 9 heteroatoms. The topological polar surface area (TPSA) is 118 Å². The number of hydrogen-bond acceptors (Lipinski definition) is 7. The molecule has 132 valence electrons. The van der Waals surface area contributed by atoms with Crippen LogP contribution in [0.2, 0.25) is 0 Å². The molecule has 1 heterocycles. The van der Waals surface area contributed by atoms with E-state index in [1.165, 1.54) is 24.3 Å². The number of amides is 1. The highest BCUT2D eigenvalue weighted by Crippen LogP contribution is 2.36. The molecule has 1 aliphatic heterocycles. The van der Waals surface area contributed by atoms with Gasteiger partial charge in [0.2, 0.25) is 5.75 Å². The number of phenols is 1. The van der Waals surface area contributed by atoms with Crippen molar-refractivity contribution in [3.8, 4) is 11.5 Å². The van der Waals surface area contributed by atoms with Gasteiger partial charge in [0.25, 0.3) is 5.91 Å². The van der Waals surface area contributed by atoms with Crippen molar-refractivity contribution in [2.75, 3.05) is 19.1 Å². The lowest BCUT2D eigenvalue weighted by Crippen LogP contribution is -2.25. The first kappa shape index (κ1) is 17.1. The standard InChI is InChI=1S/C17H14N4O5/c1-20-12-6-4-3-5-11(12)15(17(20)23)19-18-9-10-7-13(21(24)25)16(22)14(8-10)26-2/h3-9,22H,1-2H3/b18-9-,19-15-. The van der Waals surface area contributed by atoms with Crippen molar-refractivity contribution in [1.82, 2.24) is 0 Å². The number of nitro benzene ring substituents is 1. The monoisotopic (exact) mass is 354 g/mol. The number of anilines is 1. The molecule has 0 bridgehead atoms. The summed E-state index contributed by atoms with van der Waals surface area (Å²) in [6.45, 7) is 0.